The highest BCUT2D eigenvalue weighted by atomic mass is 19.1. The molecular formula is C10H11F2N3. The Kier molecular flexibility index (Phi) is 2.40. The van der Waals surface area contributed by atoms with Gasteiger partial charge in [-0.15, -0.1) is 0 Å². The molecule has 1 aromatic carbocycles. The highest BCUT2D eigenvalue weighted by Crippen LogP contribution is 2.17. The van der Waals surface area contributed by atoms with Gasteiger partial charge in [-0.2, -0.15) is 0 Å². The lowest BCUT2D eigenvalue weighted by molar-refractivity contribution is 0.392. The van der Waals surface area contributed by atoms with Gasteiger partial charge in [0.25, 0.3) is 0 Å². The maximum Gasteiger partial charge on any atom is 0.153 e. The maximum atomic E-state index is 13.3. The van der Waals surface area contributed by atoms with Crippen molar-refractivity contribution in [2.75, 3.05) is 14.1 Å². The fourth-order valence-corrected chi connectivity index (χ4v) is 1.47. The third-order valence-electron chi connectivity index (χ3n) is 2.02. The van der Waals surface area contributed by atoms with Crippen molar-refractivity contribution in [2.45, 2.75) is 6.54 Å². The van der Waals surface area contributed by atoms with E-state index in [9.17, 15) is 8.78 Å². The molecule has 0 atom stereocenters. The predicted octanol–water partition coefficient (Wildman–Crippen LogP) is 1.90. The van der Waals surface area contributed by atoms with E-state index < -0.39 is 11.6 Å². The number of aromatic amines is 1. The number of H-pyrrole nitrogens is 1. The third kappa shape index (κ3) is 1.97. The van der Waals surface area contributed by atoms with Crippen LogP contribution in [0.5, 0.6) is 0 Å². The van der Waals surface area contributed by atoms with Gasteiger partial charge in [0, 0.05) is 6.07 Å². The van der Waals surface area contributed by atoms with Crippen molar-refractivity contribution in [3.05, 3.63) is 29.6 Å². The van der Waals surface area contributed by atoms with Gasteiger partial charge in [0.15, 0.2) is 5.82 Å². The molecule has 0 aliphatic carbocycles. The highest BCUT2D eigenvalue weighted by molar-refractivity contribution is 5.75. The number of imidazole rings is 1. The molecule has 15 heavy (non-hydrogen) atoms. The Hall–Kier alpha value is -1.49. The molecule has 0 amide bonds. The minimum atomic E-state index is -0.633. The number of fused-ring (bicyclic) bond motifs is 1. The van der Waals surface area contributed by atoms with Gasteiger partial charge in [0.2, 0.25) is 0 Å². The van der Waals surface area contributed by atoms with Crippen molar-refractivity contribution < 1.29 is 8.78 Å². The summed E-state index contributed by atoms with van der Waals surface area (Å²) in [6, 6.07) is 2.08. The van der Waals surface area contributed by atoms with Gasteiger partial charge in [-0.05, 0) is 20.2 Å². The first kappa shape index (κ1) is 10.0. The van der Waals surface area contributed by atoms with E-state index in [1.54, 1.807) is 0 Å². The molecule has 80 valence electrons. The Balaban J connectivity index is 2.50. The number of aromatic nitrogens is 2. The number of benzene rings is 1. The zero-order valence-electron chi connectivity index (χ0n) is 8.51. The Labute approximate surface area is 85.7 Å². The summed E-state index contributed by atoms with van der Waals surface area (Å²) in [6.45, 7) is 0.565. The Bertz CT molecular complexity index is 491. The summed E-state index contributed by atoms with van der Waals surface area (Å²) in [6.07, 6.45) is 0. The normalized spacial score (nSPS) is 11.5. The van der Waals surface area contributed by atoms with Crippen LogP contribution in [-0.2, 0) is 6.54 Å². The van der Waals surface area contributed by atoms with E-state index in [1.807, 2.05) is 19.0 Å². The van der Waals surface area contributed by atoms with Crippen molar-refractivity contribution in [3.8, 4) is 0 Å². The summed E-state index contributed by atoms with van der Waals surface area (Å²) in [5.74, 6) is -0.606. The van der Waals surface area contributed by atoms with Crippen LogP contribution in [0.25, 0.3) is 11.0 Å². The molecule has 0 spiro atoms. The van der Waals surface area contributed by atoms with Crippen LogP contribution in [0.3, 0.4) is 0 Å². The maximum absolute atomic E-state index is 13.3. The molecule has 1 aromatic heterocycles. The lowest BCUT2D eigenvalue weighted by Gasteiger charge is -2.04. The van der Waals surface area contributed by atoms with Crippen molar-refractivity contribution >= 4 is 11.0 Å². The minimum Gasteiger partial charge on any atom is -0.341 e. The van der Waals surface area contributed by atoms with Gasteiger partial charge < -0.3 is 9.88 Å². The molecule has 0 bridgehead atoms. The summed E-state index contributed by atoms with van der Waals surface area (Å²) in [5, 5.41) is 0. The third-order valence-corrected chi connectivity index (χ3v) is 2.02. The Morgan fingerprint density at radius 1 is 1.33 bits per heavy atom. The van der Waals surface area contributed by atoms with E-state index in [4.69, 9.17) is 0 Å². The largest absolute Gasteiger partial charge is 0.341 e. The summed E-state index contributed by atoms with van der Waals surface area (Å²) in [7, 11) is 3.76. The molecule has 0 aliphatic rings. The van der Waals surface area contributed by atoms with Crippen LogP contribution in [0, 0.1) is 11.6 Å². The number of nitrogens with zero attached hydrogens (tertiary/aromatic N) is 2. The van der Waals surface area contributed by atoms with Crippen LogP contribution in [0.15, 0.2) is 12.1 Å². The minimum absolute atomic E-state index is 0.188. The number of rotatable bonds is 2. The smallest absolute Gasteiger partial charge is 0.153 e. The Morgan fingerprint density at radius 2 is 2.07 bits per heavy atom. The van der Waals surface area contributed by atoms with E-state index in [-0.39, 0.29) is 5.52 Å². The molecule has 0 fully saturated rings. The second-order valence-electron chi connectivity index (χ2n) is 3.71. The van der Waals surface area contributed by atoms with Gasteiger partial charge in [-0.25, -0.2) is 13.8 Å². The van der Waals surface area contributed by atoms with Gasteiger partial charge >= 0.3 is 0 Å². The summed E-state index contributed by atoms with van der Waals surface area (Å²) in [5.41, 5.74) is 0.581. The SMILES string of the molecule is CN(C)Cc1nc2c(F)cc(F)cc2[nH]1. The number of hydrogen-bond acceptors (Lipinski definition) is 2. The van der Waals surface area contributed by atoms with Crippen LogP contribution in [-0.4, -0.2) is 29.0 Å². The topological polar surface area (TPSA) is 31.9 Å². The van der Waals surface area contributed by atoms with Crippen molar-refractivity contribution in [2.24, 2.45) is 0 Å². The quantitative estimate of drug-likeness (QED) is 0.822. The molecular weight excluding hydrogens is 200 g/mol. The molecule has 5 heteroatoms. The zero-order chi connectivity index (χ0) is 11.0. The molecule has 2 aromatic rings. The average molecular weight is 211 g/mol. The second-order valence-corrected chi connectivity index (χ2v) is 3.71. The Morgan fingerprint density at radius 3 is 2.73 bits per heavy atom. The first-order chi connectivity index (χ1) is 7.06. The van der Waals surface area contributed by atoms with Gasteiger partial charge in [-0.1, -0.05) is 0 Å². The summed E-state index contributed by atoms with van der Waals surface area (Å²) < 4.78 is 26.1. The number of hydrogen-bond donors (Lipinski definition) is 1. The fraction of sp³-hybridized carbons (Fsp3) is 0.300. The highest BCUT2D eigenvalue weighted by Gasteiger charge is 2.09. The second kappa shape index (κ2) is 3.58. The predicted molar refractivity (Wildman–Crippen MR) is 53.4 cm³/mol. The fourth-order valence-electron chi connectivity index (χ4n) is 1.47. The van der Waals surface area contributed by atoms with Crippen molar-refractivity contribution in [1.29, 1.82) is 0 Å². The molecule has 0 unspecified atom stereocenters. The van der Waals surface area contributed by atoms with Crippen LogP contribution in [0.4, 0.5) is 8.78 Å². The lowest BCUT2D eigenvalue weighted by Crippen LogP contribution is -2.11. The first-order valence-electron chi connectivity index (χ1n) is 4.54. The average Bonchev–Trinajstić information content (AvgIpc) is 2.45. The van der Waals surface area contributed by atoms with Gasteiger partial charge in [0.05, 0.1) is 12.1 Å². The first-order valence-corrected chi connectivity index (χ1v) is 4.54. The van der Waals surface area contributed by atoms with Crippen molar-refractivity contribution in [3.63, 3.8) is 0 Å². The molecule has 2 rings (SSSR count). The zero-order valence-corrected chi connectivity index (χ0v) is 8.51. The van der Waals surface area contributed by atoms with E-state index in [0.29, 0.717) is 17.9 Å². The molecule has 3 nitrogen and oxygen atoms in total. The van der Waals surface area contributed by atoms with Crippen LogP contribution in [0.1, 0.15) is 5.82 Å². The molecule has 1 N–H and O–H groups in total. The lowest BCUT2D eigenvalue weighted by atomic mass is 10.3. The van der Waals surface area contributed by atoms with Gasteiger partial charge in [-0.3, -0.25) is 0 Å². The van der Waals surface area contributed by atoms with Crippen LogP contribution in [0.2, 0.25) is 0 Å². The standard InChI is InChI=1S/C10H11F2N3/c1-15(2)5-9-13-8-4-6(11)3-7(12)10(8)14-9/h3-4H,5H2,1-2H3,(H,13,14). The van der Waals surface area contributed by atoms with E-state index in [0.717, 1.165) is 6.07 Å². The summed E-state index contributed by atoms with van der Waals surface area (Å²) in [4.78, 5) is 8.83. The van der Waals surface area contributed by atoms with Crippen molar-refractivity contribution in [1.82, 2.24) is 14.9 Å². The van der Waals surface area contributed by atoms with Crippen LogP contribution >= 0.6 is 0 Å². The summed E-state index contributed by atoms with van der Waals surface area (Å²) >= 11 is 0. The van der Waals surface area contributed by atoms with Gasteiger partial charge in [0.1, 0.15) is 17.2 Å². The molecule has 1 heterocycles. The monoisotopic (exact) mass is 211 g/mol. The molecule has 0 saturated carbocycles. The van der Waals surface area contributed by atoms with E-state index in [2.05, 4.69) is 9.97 Å². The van der Waals surface area contributed by atoms with E-state index >= 15 is 0 Å². The number of halogens is 2. The molecule has 0 aliphatic heterocycles. The van der Waals surface area contributed by atoms with Crippen LogP contribution < -0.4 is 0 Å². The van der Waals surface area contributed by atoms with E-state index in [1.165, 1.54) is 6.07 Å². The molecule has 0 saturated heterocycles. The number of nitrogens with one attached hydrogen (secondary N) is 1. The molecule has 0 radical (unpaired) electrons.